The van der Waals surface area contributed by atoms with Crippen molar-refractivity contribution in [1.29, 1.82) is 0 Å². The van der Waals surface area contributed by atoms with Crippen molar-refractivity contribution in [2.24, 2.45) is 11.8 Å². The van der Waals surface area contributed by atoms with Crippen LogP contribution in [-0.4, -0.2) is 10.9 Å². The lowest BCUT2D eigenvalue weighted by atomic mass is 9.79. The van der Waals surface area contributed by atoms with Crippen LogP contribution in [0.1, 0.15) is 70.8 Å². The van der Waals surface area contributed by atoms with E-state index in [9.17, 15) is 9.59 Å². The Morgan fingerprint density at radius 3 is 2.59 bits per heavy atom. The van der Waals surface area contributed by atoms with Gasteiger partial charge in [-0.3, -0.25) is 9.59 Å². The molecule has 27 heavy (non-hydrogen) atoms. The highest BCUT2D eigenvalue weighted by atomic mass is 16.2. The molecule has 146 valence electrons. The fourth-order valence-electron chi connectivity index (χ4n) is 4.34. The quantitative estimate of drug-likeness (QED) is 0.686. The summed E-state index contributed by atoms with van der Waals surface area (Å²) < 4.78 is 0. The molecule has 1 aliphatic carbocycles. The van der Waals surface area contributed by atoms with Crippen LogP contribution in [0.3, 0.4) is 0 Å². The SMILES string of the molecule is CCCCC1CCC(C(=O)Nc2ccc3c(CCC)cc(=O)[nH]c3c2)CC1. The highest BCUT2D eigenvalue weighted by molar-refractivity contribution is 5.95. The number of hydrogen-bond donors (Lipinski definition) is 2. The zero-order valence-electron chi connectivity index (χ0n) is 16.6. The minimum Gasteiger partial charge on any atom is -0.326 e. The lowest BCUT2D eigenvalue weighted by Gasteiger charge is -2.27. The molecule has 2 aromatic rings. The third kappa shape index (κ3) is 5.00. The number of amides is 1. The van der Waals surface area contributed by atoms with Gasteiger partial charge in [-0.05, 0) is 55.7 Å². The Hall–Kier alpha value is -2.10. The average molecular weight is 369 g/mol. The van der Waals surface area contributed by atoms with Crippen LogP contribution in [0.4, 0.5) is 5.69 Å². The zero-order valence-corrected chi connectivity index (χ0v) is 16.6. The maximum atomic E-state index is 12.7. The molecule has 1 heterocycles. The minimum absolute atomic E-state index is 0.0835. The molecule has 3 rings (SSSR count). The number of pyridine rings is 1. The maximum absolute atomic E-state index is 12.7. The van der Waals surface area contributed by atoms with E-state index in [1.165, 1.54) is 32.1 Å². The molecule has 1 aliphatic rings. The number of hydrogen-bond acceptors (Lipinski definition) is 2. The first-order valence-corrected chi connectivity index (χ1v) is 10.6. The summed E-state index contributed by atoms with van der Waals surface area (Å²) in [7, 11) is 0. The molecule has 1 aromatic heterocycles. The Morgan fingerprint density at radius 1 is 1.11 bits per heavy atom. The number of rotatable bonds is 7. The summed E-state index contributed by atoms with van der Waals surface area (Å²) in [6.45, 7) is 4.35. The maximum Gasteiger partial charge on any atom is 0.248 e. The molecule has 0 aliphatic heterocycles. The molecule has 4 nitrogen and oxygen atoms in total. The van der Waals surface area contributed by atoms with E-state index in [0.717, 1.165) is 53.8 Å². The monoisotopic (exact) mass is 368 g/mol. The van der Waals surface area contributed by atoms with Crippen molar-refractivity contribution in [3.05, 3.63) is 40.2 Å². The first-order valence-electron chi connectivity index (χ1n) is 10.6. The van der Waals surface area contributed by atoms with Crippen molar-refractivity contribution in [3.63, 3.8) is 0 Å². The van der Waals surface area contributed by atoms with Gasteiger partial charge in [0.05, 0.1) is 5.52 Å². The van der Waals surface area contributed by atoms with Crippen LogP contribution in [-0.2, 0) is 11.2 Å². The van der Waals surface area contributed by atoms with Crippen molar-refractivity contribution in [3.8, 4) is 0 Å². The number of aromatic amines is 1. The van der Waals surface area contributed by atoms with E-state index in [-0.39, 0.29) is 17.4 Å². The van der Waals surface area contributed by atoms with E-state index in [0.29, 0.717) is 0 Å². The largest absolute Gasteiger partial charge is 0.326 e. The van der Waals surface area contributed by atoms with Gasteiger partial charge in [-0.15, -0.1) is 0 Å². The number of unbranched alkanes of at least 4 members (excludes halogenated alkanes) is 1. The highest BCUT2D eigenvalue weighted by Gasteiger charge is 2.26. The van der Waals surface area contributed by atoms with Gasteiger partial charge in [-0.2, -0.15) is 0 Å². The first-order chi connectivity index (χ1) is 13.1. The summed E-state index contributed by atoms with van der Waals surface area (Å²) in [5.41, 5.74) is 2.55. The number of anilines is 1. The second kappa shape index (κ2) is 9.20. The molecule has 0 radical (unpaired) electrons. The van der Waals surface area contributed by atoms with Gasteiger partial charge in [0.1, 0.15) is 0 Å². The zero-order chi connectivity index (χ0) is 19.2. The van der Waals surface area contributed by atoms with Crippen molar-refractivity contribution < 1.29 is 4.79 Å². The van der Waals surface area contributed by atoms with Crippen LogP contribution in [0.25, 0.3) is 10.9 Å². The number of aryl methyl sites for hydroxylation is 1. The Labute approximate surface area is 161 Å². The van der Waals surface area contributed by atoms with Crippen LogP contribution in [0, 0.1) is 11.8 Å². The summed E-state index contributed by atoms with van der Waals surface area (Å²) >= 11 is 0. The predicted molar refractivity (Wildman–Crippen MR) is 112 cm³/mol. The topological polar surface area (TPSA) is 62.0 Å². The van der Waals surface area contributed by atoms with Gasteiger partial charge in [0, 0.05) is 23.1 Å². The van der Waals surface area contributed by atoms with Crippen LogP contribution < -0.4 is 10.9 Å². The van der Waals surface area contributed by atoms with Gasteiger partial charge < -0.3 is 10.3 Å². The number of H-pyrrole nitrogens is 1. The molecule has 2 N–H and O–H groups in total. The minimum atomic E-state index is -0.0835. The van der Waals surface area contributed by atoms with E-state index in [4.69, 9.17) is 0 Å². The van der Waals surface area contributed by atoms with E-state index in [1.807, 2.05) is 18.2 Å². The highest BCUT2D eigenvalue weighted by Crippen LogP contribution is 2.32. The van der Waals surface area contributed by atoms with Crippen molar-refractivity contribution >= 4 is 22.5 Å². The molecule has 1 aromatic carbocycles. The normalized spacial score (nSPS) is 19.9. The van der Waals surface area contributed by atoms with Crippen molar-refractivity contribution in [1.82, 2.24) is 4.98 Å². The Balaban J connectivity index is 1.66. The number of nitrogens with one attached hydrogen (secondary N) is 2. The second-order valence-corrected chi connectivity index (χ2v) is 8.02. The van der Waals surface area contributed by atoms with Gasteiger partial charge >= 0.3 is 0 Å². The van der Waals surface area contributed by atoms with Crippen LogP contribution in [0.2, 0.25) is 0 Å². The summed E-state index contributed by atoms with van der Waals surface area (Å²) in [6, 6.07) is 7.53. The lowest BCUT2D eigenvalue weighted by molar-refractivity contribution is -0.121. The number of aromatic nitrogens is 1. The van der Waals surface area contributed by atoms with Gasteiger partial charge in [0.15, 0.2) is 0 Å². The fraction of sp³-hybridized carbons (Fsp3) is 0.565. The van der Waals surface area contributed by atoms with Crippen LogP contribution in [0.5, 0.6) is 0 Å². The molecule has 0 atom stereocenters. The molecule has 1 saturated carbocycles. The Bertz CT molecular complexity index is 832. The summed E-state index contributed by atoms with van der Waals surface area (Å²) in [4.78, 5) is 27.5. The van der Waals surface area contributed by atoms with Gasteiger partial charge in [-0.25, -0.2) is 0 Å². The molecule has 1 fully saturated rings. The molecule has 4 heteroatoms. The average Bonchev–Trinajstić information content (AvgIpc) is 2.66. The second-order valence-electron chi connectivity index (χ2n) is 8.02. The first kappa shape index (κ1) is 19.7. The number of fused-ring (bicyclic) bond motifs is 1. The van der Waals surface area contributed by atoms with E-state index in [2.05, 4.69) is 24.1 Å². The standard InChI is InChI=1S/C23H32N2O2/c1-3-5-7-16-8-10-17(11-9-16)23(27)24-19-12-13-20-18(6-4-2)14-22(26)25-21(20)15-19/h12-17H,3-11H2,1-2H3,(H,24,27)(H,25,26). The van der Waals surface area contributed by atoms with E-state index < -0.39 is 0 Å². The third-order valence-corrected chi connectivity index (χ3v) is 5.90. The van der Waals surface area contributed by atoms with Gasteiger partial charge in [-0.1, -0.05) is 45.6 Å². The molecule has 0 bridgehead atoms. The molecule has 1 amide bonds. The molecule has 0 unspecified atom stereocenters. The molecular formula is C23H32N2O2. The summed E-state index contributed by atoms with van der Waals surface area (Å²) in [5, 5.41) is 4.13. The molecule has 0 spiro atoms. The molecular weight excluding hydrogens is 336 g/mol. The van der Waals surface area contributed by atoms with Gasteiger partial charge in [0.25, 0.3) is 0 Å². The van der Waals surface area contributed by atoms with Crippen molar-refractivity contribution in [2.75, 3.05) is 5.32 Å². The number of carbonyl (C=O) groups excluding carboxylic acids is 1. The van der Waals surface area contributed by atoms with Crippen molar-refractivity contribution in [2.45, 2.75) is 71.6 Å². The predicted octanol–water partition coefficient (Wildman–Crippen LogP) is 5.42. The smallest absolute Gasteiger partial charge is 0.248 e. The van der Waals surface area contributed by atoms with E-state index in [1.54, 1.807) is 6.07 Å². The Kier molecular flexibility index (Phi) is 6.70. The van der Waals surface area contributed by atoms with Gasteiger partial charge in [0.2, 0.25) is 11.5 Å². The number of benzene rings is 1. The van der Waals surface area contributed by atoms with E-state index >= 15 is 0 Å². The summed E-state index contributed by atoms with van der Waals surface area (Å²) in [5.74, 6) is 1.04. The van der Waals surface area contributed by atoms with Crippen LogP contribution in [0.15, 0.2) is 29.1 Å². The molecule has 0 saturated heterocycles. The lowest BCUT2D eigenvalue weighted by Crippen LogP contribution is -2.27. The van der Waals surface area contributed by atoms with Crippen LogP contribution >= 0.6 is 0 Å². The fourth-order valence-corrected chi connectivity index (χ4v) is 4.34. The Morgan fingerprint density at radius 2 is 1.89 bits per heavy atom. The third-order valence-electron chi connectivity index (χ3n) is 5.90. The number of carbonyl (C=O) groups is 1. The summed E-state index contributed by atoms with van der Waals surface area (Å²) in [6.07, 6.45) is 10.1.